The summed E-state index contributed by atoms with van der Waals surface area (Å²) in [6.07, 6.45) is 0.228. The van der Waals surface area contributed by atoms with E-state index >= 15 is 0 Å². The lowest BCUT2D eigenvalue weighted by atomic mass is 10.1. The average molecular weight is 443 g/mol. The summed E-state index contributed by atoms with van der Waals surface area (Å²) < 4.78 is 2.14. The van der Waals surface area contributed by atoms with Crippen LogP contribution >= 0.6 is 0 Å². The van der Waals surface area contributed by atoms with Crippen LogP contribution in [0.25, 0.3) is 5.69 Å². The first-order valence-electron chi connectivity index (χ1n) is 10.8. The van der Waals surface area contributed by atoms with Gasteiger partial charge in [0.25, 0.3) is 5.91 Å². The zero-order chi connectivity index (χ0) is 23.7. The summed E-state index contributed by atoms with van der Waals surface area (Å²) in [7, 11) is 0. The third-order valence-corrected chi connectivity index (χ3v) is 5.84. The molecule has 0 spiro atoms. The zero-order valence-electron chi connectivity index (χ0n) is 19.2. The summed E-state index contributed by atoms with van der Waals surface area (Å²) >= 11 is 0. The van der Waals surface area contributed by atoms with Gasteiger partial charge in [0, 0.05) is 29.2 Å². The van der Waals surface area contributed by atoms with Gasteiger partial charge in [0.2, 0.25) is 5.91 Å². The number of hydrogen-bond donors (Lipinski definition) is 1. The van der Waals surface area contributed by atoms with Crippen molar-refractivity contribution in [1.29, 1.82) is 0 Å². The maximum absolute atomic E-state index is 12.9. The van der Waals surface area contributed by atoms with E-state index in [-0.39, 0.29) is 18.7 Å². The number of amides is 4. The fourth-order valence-corrected chi connectivity index (χ4v) is 4.08. The number of urea groups is 1. The van der Waals surface area contributed by atoms with Crippen LogP contribution in [0.3, 0.4) is 0 Å². The van der Waals surface area contributed by atoms with Gasteiger partial charge in [-0.3, -0.25) is 9.59 Å². The van der Waals surface area contributed by atoms with E-state index < -0.39 is 17.8 Å². The second kappa shape index (κ2) is 8.86. The first-order chi connectivity index (χ1) is 15.7. The molecule has 0 atom stereocenters. The van der Waals surface area contributed by atoms with E-state index in [4.69, 9.17) is 0 Å². The van der Waals surface area contributed by atoms with Gasteiger partial charge in [-0.25, -0.2) is 9.69 Å². The molecular weight excluding hydrogens is 416 g/mol. The molecule has 4 amide bonds. The third-order valence-electron chi connectivity index (χ3n) is 5.84. The van der Waals surface area contributed by atoms with Crippen molar-refractivity contribution in [2.45, 2.75) is 34.1 Å². The fourth-order valence-electron chi connectivity index (χ4n) is 4.08. The summed E-state index contributed by atoms with van der Waals surface area (Å²) in [6, 6.07) is 16.7. The van der Waals surface area contributed by atoms with Gasteiger partial charge in [-0.05, 0) is 63.1 Å². The lowest BCUT2D eigenvalue weighted by molar-refractivity contribution is -0.125. The van der Waals surface area contributed by atoms with Crippen molar-refractivity contribution in [2.24, 2.45) is 4.99 Å². The van der Waals surface area contributed by atoms with Gasteiger partial charge >= 0.3 is 6.03 Å². The summed E-state index contributed by atoms with van der Waals surface area (Å²) in [5.74, 6) is -0.977. The minimum absolute atomic E-state index is 0.146. The van der Waals surface area contributed by atoms with Crippen molar-refractivity contribution in [3.8, 4) is 5.69 Å². The molecule has 1 aliphatic heterocycles. The molecule has 2 heterocycles. The Balaban J connectivity index is 1.48. The molecule has 2 aromatic carbocycles. The Hall–Kier alpha value is -4.00. The van der Waals surface area contributed by atoms with Gasteiger partial charge in [0.05, 0.1) is 0 Å². The van der Waals surface area contributed by atoms with Gasteiger partial charge in [0.1, 0.15) is 12.3 Å². The van der Waals surface area contributed by atoms with E-state index in [1.807, 2.05) is 51.1 Å². The van der Waals surface area contributed by atoms with Gasteiger partial charge in [-0.1, -0.05) is 35.9 Å². The molecule has 0 radical (unpaired) electrons. The molecule has 7 heteroatoms. The van der Waals surface area contributed by atoms with E-state index in [9.17, 15) is 14.4 Å². The van der Waals surface area contributed by atoms with Crippen molar-refractivity contribution in [2.75, 3.05) is 11.9 Å². The normalized spacial score (nSPS) is 13.5. The van der Waals surface area contributed by atoms with Gasteiger partial charge in [-0.15, -0.1) is 0 Å². The number of anilines is 1. The Labute approximate surface area is 192 Å². The minimum atomic E-state index is -0.707. The van der Waals surface area contributed by atoms with Crippen LogP contribution in [0.15, 0.2) is 59.6 Å². The summed E-state index contributed by atoms with van der Waals surface area (Å²) in [5.41, 5.74) is 6.97. The van der Waals surface area contributed by atoms with Gasteiger partial charge in [0.15, 0.2) is 0 Å². The molecule has 33 heavy (non-hydrogen) atoms. The van der Waals surface area contributed by atoms with Crippen LogP contribution in [0.2, 0.25) is 0 Å². The number of rotatable bonds is 6. The Bertz CT molecular complexity index is 1290. The van der Waals surface area contributed by atoms with E-state index in [2.05, 4.69) is 33.9 Å². The molecule has 1 aliphatic rings. The van der Waals surface area contributed by atoms with Crippen LogP contribution in [0.5, 0.6) is 0 Å². The Morgan fingerprint density at radius 1 is 0.970 bits per heavy atom. The number of imide groups is 1. The van der Waals surface area contributed by atoms with Crippen LogP contribution in [0.1, 0.15) is 28.1 Å². The molecule has 0 fully saturated rings. The van der Waals surface area contributed by atoms with E-state index in [0.29, 0.717) is 5.69 Å². The van der Waals surface area contributed by atoms with Gasteiger partial charge < -0.3 is 9.88 Å². The predicted molar refractivity (Wildman–Crippen MR) is 128 cm³/mol. The zero-order valence-corrected chi connectivity index (χ0v) is 19.2. The number of aliphatic imine (C=N–C) groups is 1. The van der Waals surface area contributed by atoms with Crippen molar-refractivity contribution < 1.29 is 14.4 Å². The Morgan fingerprint density at radius 2 is 1.67 bits per heavy atom. The molecule has 4 rings (SSSR count). The van der Waals surface area contributed by atoms with Crippen molar-refractivity contribution in [1.82, 2.24) is 9.47 Å². The quantitative estimate of drug-likeness (QED) is 0.618. The fraction of sp³-hybridized carbons (Fsp3) is 0.231. The third kappa shape index (κ3) is 4.48. The topological polar surface area (TPSA) is 83.8 Å². The number of aromatic nitrogens is 1. The monoisotopic (exact) mass is 442 g/mol. The maximum Gasteiger partial charge on any atom is 0.351 e. The van der Waals surface area contributed by atoms with E-state index in [1.165, 1.54) is 0 Å². The van der Waals surface area contributed by atoms with Crippen LogP contribution in [-0.4, -0.2) is 39.6 Å². The highest BCUT2D eigenvalue weighted by Gasteiger charge is 2.35. The number of carbonyl (C=O) groups excluding carboxylic acids is 3. The molecule has 0 saturated heterocycles. The highest BCUT2D eigenvalue weighted by atomic mass is 16.2. The number of para-hydroxylation sites is 1. The molecule has 0 saturated carbocycles. The summed E-state index contributed by atoms with van der Waals surface area (Å²) in [4.78, 5) is 42.5. The smallest absolute Gasteiger partial charge is 0.325 e. The predicted octanol–water partition coefficient (Wildman–Crippen LogP) is 4.30. The average Bonchev–Trinajstić information content (AvgIpc) is 3.19. The van der Waals surface area contributed by atoms with Crippen molar-refractivity contribution >= 4 is 29.2 Å². The van der Waals surface area contributed by atoms with Gasteiger partial charge in [-0.2, -0.15) is 4.99 Å². The molecular formula is C26H26N4O3. The number of aryl methyl sites for hydroxylation is 3. The second-order valence-electron chi connectivity index (χ2n) is 8.34. The molecule has 0 aliphatic carbocycles. The summed E-state index contributed by atoms with van der Waals surface area (Å²) in [6.45, 7) is 7.62. The van der Waals surface area contributed by atoms with Crippen LogP contribution in [0.4, 0.5) is 10.5 Å². The largest absolute Gasteiger partial charge is 0.351 e. The maximum atomic E-state index is 12.9. The van der Waals surface area contributed by atoms with E-state index in [0.717, 1.165) is 38.7 Å². The number of hydrogen-bond acceptors (Lipinski definition) is 3. The molecule has 1 aromatic heterocycles. The highest BCUT2D eigenvalue weighted by Crippen LogP contribution is 2.24. The molecule has 3 aromatic rings. The van der Waals surface area contributed by atoms with Crippen LogP contribution < -0.4 is 5.32 Å². The molecule has 7 nitrogen and oxygen atoms in total. The second-order valence-corrected chi connectivity index (χ2v) is 8.34. The summed E-state index contributed by atoms with van der Waals surface area (Å²) in [5, 5.41) is 2.71. The lowest BCUT2D eigenvalue weighted by Crippen LogP contribution is -2.39. The van der Waals surface area contributed by atoms with Crippen molar-refractivity contribution in [3.63, 3.8) is 0 Å². The lowest BCUT2D eigenvalue weighted by Gasteiger charge is -2.14. The number of nitrogens with zero attached hydrogens (tertiary/aromatic N) is 3. The van der Waals surface area contributed by atoms with Crippen LogP contribution in [-0.2, 0) is 16.0 Å². The first-order valence-corrected chi connectivity index (χ1v) is 10.8. The standard InChI is InChI=1S/C26H26N4O3/c1-16-9-11-21(12-10-16)27-24(31)15-29-25(32)22(28-26(29)33)14-20-13-18(3)30(19(20)4)23-8-6-5-7-17(23)2/h5-13H,14-15H2,1-4H3,(H,27,31). The molecule has 168 valence electrons. The molecule has 0 unspecified atom stereocenters. The van der Waals surface area contributed by atoms with Crippen molar-refractivity contribution in [3.05, 3.63) is 82.7 Å². The van der Waals surface area contributed by atoms with Crippen LogP contribution in [0, 0.1) is 27.7 Å². The first kappa shape index (κ1) is 22.2. The van der Waals surface area contributed by atoms with E-state index in [1.54, 1.807) is 12.1 Å². The number of benzene rings is 2. The Kier molecular flexibility index (Phi) is 5.96. The molecule has 1 N–H and O–H groups in total. The molecule has 0 bridgehead atoms. The SMILES string of the molecule is Cc1ccc(NC(=O)CN2C(=O)N=C(Cc3cc(C)n(-c4ccccc4C)c3C)C2=O)cc1. The number of nitrogens with one attached hydrogen (secondary N) is 1. The number of carbonyl (C=O) groups is 3. The Morgan fingerprint density at radius 3 is 2.36 bits per heavy atom. The minimum Gasteiger partial charge on any atom is -0.325 e. The highest BCUT2D eigenvalue weighted by molar-refractivity contribution is 6.46.